The highest BCUT2D eigenvalue weighted by molar-refractivity contribution is 6.38. The predicted molar refractivity (Wildman–Crippen MR) is 105 cm³/mol. The first-order valence-electron chi connectivity index (χ1n) is 7.72. The molecule has 0 amide bonds. The van der Waals surface area contributed by atoms with Crippen molar-refractivity contribution in [3.05, 3.63) is 48.6 Å². The van der Waals surface area contributed by atoms with E-state index < -0.39 is 17.4 Å². The number of aliphatic hydroxyl groups is 1. The van der Waals surface area contributed by atoms with Gasteiger partial charge in [0.2, 0.25) is 5.95 Å². The van der Waals surface area contributed by atoms with Gasteiger partial charge >= 0.3 is 5.69 Å². The summed E-state index contributed by atoms with van der Waals surface area (Å²) in [5, 5.41) is 10.7. The zero-order chi connectivity index (χ0) is 20.0. The number of hydrogen-bond donors (Lipinski definition) is 2. The highest BCUT2D eigenvalue weighted by atomic mass is 35.5. The molecule has 3 rings (SSSR count). The molecule has 1 unspecified atom stereocenters. The van der Waals surface area contributed by atoms with Gasteiger partial charge in [-0.05, 0) is 17.7 Å². The number of rotatable bonds is 3. The summed E-state index contributed by atoms with van der Waals surface area (Å²) in [5.41, 5.74) is 5.74. The zero-order valence-electron chi connectivity index (χ0n) is 14.6. The second-order valence-electron chi connectivity index (χ2n) is 5.97. The molecule has 0 spiro atoms. The van der Waals surface area contributed by atoms with E-state index in [1.807, 2.05) is 0 Å². The number of fused-ring (bicyclic) bond motifs is 1. The number of imidazole rings is 1. The molecule has 2 heterocycles. The maximum absolute atomic E-state index is 12.3. The average molecular weight is 411 g/mol. The van der Waals surface area contributed by atoms with Crippen molar-refractivity contribution in [1.29, 1.82) is 0 Å². The summed E-state index contributed by atoms with van der Waals surface area (Å²) in [6, 6.07) is 2.96. The van der Waals surface area contributed by atoms with Gasteiger partial charge in [0.15, 0.2) is 11.2 Å². The minimum Gasteiger partial charge on any atom is -0.396 e. The fourth-order valence-electron chi connectivity index (χ4n) is 2.62. The number of aromatic nitrogens is 4. The molecule has 3 aromatic rings. The van der Waals surface area contributed by atoms with E-state index in [1.165, 1.54) is 41.6 Å². The van der Waals surface area contributed by atoms with E-state index in [1.54, 1.807) is 7.05 Å². The third-order valence-corrected chi connectivity index (χ3v) is 4.85. The molecule has 0 aliphatic heterocycles. The third kappa shape index (κ3) is 3.14. The van der Waals surface area contributed by atoms with Gasteiger partial charge in [-0.15, -0.1) is 0 Å². The van der Waals surface area contributed by atoms with Crippen LogP contribution in [-0.4, -0.2) is 30.0 Å². The SMILES string of the molecule is Cn1c(=O)c2c(nc(/N=C/C(O)c3cc(Cl)c(N)c(Cl)c3)n2C)n(C)c1=O. The molecule has 2 aromatic heterocycles. The molecule has 3 N–H and O–H groups in total. The number of halogens is 2. The number of aliphatic imine (C=N–C) groups is 1. The van der Waals surface area contributed by atoms with Gasteiger partial charge in [0.1, 0.15) is 6.10 Å². The molecule has 1 aromatic carbocycles. The number of aryl methyl sites for hydroxylation is 2. The van der Waals surface area contributed by atoms with Crippen LogP contribution in [0.3, 0.4) is 0 Å². The summed E-state index contributed by atoms with van der Waals surface area (Å²) in [7, 11) is 4.49. The molecule has 142 valence electrons. The molecule has 0 saturated heterocycles. The lowest BCUT2D eigenvalue weighted by molar-refractivity contribution is 0.252. The Morgan fingerprint density at radius 1 is 1.15 bits per heavy atom. The van der Waals surface area contributed by atoms with E-state index in [-0.39, 0.29) is 32.8 Å². The van der Waals surface area contributed by atoms with E-state index in [0.29, 0.717) is 5.56 Å². The molecule has 0 aliphatic rings. The Morgan fingerprint density at radius 3 is 2.33 bits per heavy atom. The van der Waals surface area contributed by atoms with Crippen LogP contribution in [0.15, 0.2) is 26.7 Å². The molecule has 1 atom stereocenters. The second kappa shape index (κ2) is 6.84. The number of nitrogens with zero attached hydrogens (tertiary/aromatic N) is 5. The number of nitrogens with two attached hydrogens (primary N) is 1. The largest absolute Gasteiger partial charge is 0.396 e. The van der Waals surface area contributed by atoms with Crippen LogP contribution in [0.25, 0.3) is 11.2 Å². The summed E-state index contributed by atoms with van der Waals surface area (Å²) in [6.45, 7) is 0. The number of hydrogen-bond acceptors (Lipinski definition) is 6. The first-order valence-corrected chi connectivity index (χ1v) is 8.48. The van der Waals surface area contributed by atoms with Crippen LogP contribution >= 0.6 is 23.2 Å². The smallest absolute Gasteiger partial charge is 0.332 e. The maximum atomic E-state index is 12.3. The fourth-order valence-corrected chi connectivity index (χ4v) is 3.12. The molecule has 0 radical (unpaired) electrons. The summed E-state index contributed by atoms with van der Waals surface area (Å²) in [5.74, 6) is 0.148. The lowest BCUT2D eigenvalue weighted by Gasteiger charge is -2.09. The second-order valence-corrected chi connectivity index (χ2v) is 6.78. The highest BCUT2D eigenvalue weighted by Crippen LogP contribution is 2.31. The number of benzene rings is 1. The number of nitrogen functional groups attached to an aromatic ring is 1. The van der Waals surface area contributed by atoms with Gasteiger partial charge in [0.05, 0.1) is 15.7 Å². The Hall–Kier alpha value is -2.62. The van der Waals surface area contributed by atoms with Gasteiger partial charge in [0.25, 0.3) is 5.56 Å². The maximum Gasteiger partial charge on any atom is 0.332 e. The third-order valence-electron chi connectivity index (χ3n) is 4.23. The van der Waals surface area contributed by atoms with Gasteiger partial charge < -0.3 is 15.4 Å². The molecule has 0 bridgehead atoms. The van der Waals surface area contributed by atoms with Gasteiger partial charge in [0, 0.05) is 27.4 Å². The van der Waals surface area contributed by atoms with Crippen LogP contribution in [-0.2, 0) is 21.1 Å². The van der Waals surface area contributed by atoms with Crippen LogP contribution in [0, 0.1) is 0 Å². The van der Waals surface area contributed by atoms with Crippen molar-refractivity contribution in [3.8, 4) is 0 Å². The van der Waals surface area contributed by atoms with E-state index in [4.69, 9.17) is 28.9 Å². The summed E-state index contributed by atoms with van der Waals surface area (Å²) in [6.07, 6.45) is 0.0918. The van der Waals surface area contributed by atoms with Crippen molar-refractivity contribution < 1.29 is 5.11 Å². The molecule has 27 heavy (non-hydrogen) atoms. The topological polar surface area (TPSA) is 120 Å². The quantitative estimate of drug-likeness (QED) is 0.497. The Bertz CT molecular complexity index is 1180. The molecule has 0 aliphatic carbocycles. The zero-order valence-corrected chi connectivity index (χ0v) is 16.2. The van der Waals surface area contributed by atoms with Gasteiger partial charge in [-0.2, -0.15) is 4.98 Å². The van der Waals surface area contributed by atoms with Crippen LogP contribution in [0.2, 0.25) is 10.0 Å². The normalized spacial score (nSPS) is 13.0. The van der Waals surface area contributed by atoms with E-state index in [2.05, 4.69) is 9.98 Å². The van der Waals surface area contributed by atoms with Gasteiger partial charge in [-0.1, -0.05) is 23.2 Å². The average Bonchev–Trinajstić information content (AvgIpc) is 2.96. The monoisotopic (exact) mass is 410 g/mol. The van der Waals surface area contributed by atoms with Crippen LogP contribution < -0.4 is 17.0 Å². The van der Waals surface area contributed by atoms with Crippen molar-refractivity contribution in [2.45, 2.75) is 6.10 Å². The standard InChI is InChI=1S/C16H16Cl2N6O3/c1-22-12-13(23(2)16(27)24(3)14(12)26)21-15(22)20-6-10(25)7-4-8(17)11(19)9(18)5-7/h4-6,10,25H,19H2,1-3H3/b20-6+. The van der Waals surface area contributed by atoms with Gasteiger partial charge in [-0.25, -0.2) is 9.79 Å². The van der Waals surface area contributed by atoms with Crippen LogP contribution in [0.1, 0.15) is 11.7 Å². The van der Waals surface area contributed by atoms with Crippen molar-refractivity contribution in [1.82, 2.24) is 18.7 Å². The van der Waals surface area contributed by atoms with Crippen LogP contribution in [0.4, 0.5) is 11.6 Å². The molecule has 0 saturated carbocycles. The Labute approximate surface area is 162 Å². The fraction of sp³-hybridized carbons (Fsp3) is 0.250. The van der Waals surface area contributed by atoms with Crippen molar-refractivity contribution in [2.24, 2.45) is 26.1 Å². The molecular weight excluding hydrogens is 395 g/mol. The Balaban J connectivity index is 2.06. The summed E-state index contributed by atoms with van der Waals surface area (Å²) >= 11 is 11.9. The van der Waals surface area contributed by atoms with E-state index in [9.17, 15) is 14.7 Å². The predicted octanol–water partition coefficient (Wildman–Crippen LogP) is 1.30. The van der Waals surface area contributed by atoms with E-state index >= 15 is 0 Å². The highest BCUT2D eigenvalue weighted by Gasteiger charge is 2.17. The van der Waals surface area contributed by atoms with Crippen molar-refractivity contribution in [2.75, 3.05) is 5.73 Å². The first-order chi connectivity index (χ1) is 12.6. The number of anilines is 1. The first kappa shape index (κ1) is 19.2. The summed E-state index contributed by atoms with van der Waals surface area (Å²) < 4.78 is 3.69. The summed E-state index contributed by atoms with van der Waals surface area (Å²) in [4.78, 5) is 32.7. The minimum atomic E-state index is -1.13. The number of aliphatic hydroxyl groups excluding tert-OH is 1. The van der Waals surface area contributed by atoms with E-state index in [0.717, 1.165) is 4.57 Å². The van der Waals surface area contributed by atoms with Crippen molar-refractivity contribution in [3.63, 3.8) is 0 Å². The molecular formula is C16H16Cl2N6O3. The molecule has 9 nitrogen and oxygen atoms in total. The molecule has 11 heteroatoms. The minimum absolute atomic E-state index is 0.148. The lowest BCUT2D eigenvalue weighted by atomic mass is 10.1. The van der Waals surface area contributed by atoms with Gasteiger partial charge in [-0.3, -0.25) is 13.9 Å². The molecule has 0 fully saturated rings. The Morgan fingerprint density at radius 2 is 1.74 bits per heavy atom. The Kier molecular flexibility index (Phi) is 4.85. The lowest BCUT2D eigenvalue weighted by Crippen LogP contribution is -2.37. The van der Waals surface area contributed by atoms with Crippen LogP contribution in [0.5, 0.6) is 0 Å². The van der Waals surface area contributed by atoms with Crippen molar-refractivity contribution >= 4 is 52.2 Å².